The van der Waals surface area contributed by atoms with Gasteiger partial charge in [0.2, 0.25) is 0 Å². The van der Waals surface area contributed by atoms with E-state index in [1.54, 1.807) is 0 Å². The van der Waals surface area contributed by atoms with Crippen molar-refractivity contribution in [2.75, 3.05) is 0 Å². The third-order valence-electron chi connectivity index (χ3n) is 5.58. The van der Waals surface area contributed by atoms with E-state index in [0.717, 1.165) is 29.7 Å². The summed E-state index contributed by atoms with van der Waals surface area (Å²) in [5.41, 5.74) is 5.56. The Morgan fingerprint density at radius 2 is 1.90 bits per heavy atom. The van der Waals surface area contributed by atoms with E-state index >= 15 is 0 Å². The molecule has 0 amide bonds. The Labute approximate surface area is 125 Å². The van der Waals surface area contributed by atoms with E-state index in [9.17, 15) is 0 Å². The number of nitrogens with one attached hydrogen (secondary N) is 1. The van der Waals surface area contributed by atoms with E-state index in [1.807, 2.05) is 12.3 Å². The second-order valence-electron chi connectivity index (χ2n) is 6.65. The lowest BCUT2D eigenvalue weighted by Crippen LogP contribution is -2.39. The van der Waals surface area contributed by atoms with Crippen LogP contribution in [0.3, 0.4) is 0 Å². The third-order valence-corrected chi connectivity index (χ3v) is 5.58. The molecule has 2 aliphatic carbocycles. The molecule has 110 valence electrons. The van der Waals surface area contributed by atoms with Crippen LogP contribution in [0, 0.1) is 17.8 Å². The first-order chi connectivity index (χ1) is 10.4. The summed E-state index contributed by atoms with van der Waals surface area (Å²) in [7, 11) is 0. The number of fused-ring (bicyclic) bond motifs is 2. The first-order valence-electron chi connectivity index (χ1n) is 8.17. The van der Waals surface area contributed by atoms with Crippen molar-refractivity contribution in [3.63, 3.8) is 0 Å². The van der Waals surface area contributed by atoms with Crippen LogP contribution in [0.4, 0.5) is 0 Å². The minimum atomic E-state index is 0.406. The fraction of sp³-hybridized carbons (Fsp3) is 0.500. The minimum Gasteiger partial charge on any atom is -0.271 e. The maximum atomic E-state index is 5.89. The predicted molar refractivity (Wildman–Crippen MR) is 85.5 cm³/mol. The molecular weight excluding hydrogens is 258 g/mol. The molecule has 0 saturated heterocycles. The van der Waals surface area contributed by atoms with Crippen molar-refractivity contribution < 1.29 is 0 Å². The molecule has 1 heterocycles. The predicted octanol–water partition coefficient (Wildman–Crippen LogP) is 3.05. The van der Waals surface area contributed by atoms with Gasteiger partial charge in [0, 0.05) is 17.6 Å². The fourth-order valence-corrected chi connectivity index (χ4v) is 4.52. The van der Waals surface area contributed by atoms with Crippen LogP contribution in [0.1, 0.15) is 31.2 Å². The second kappa shape index (κ2) is 5.39. The molecule has 2 aromatic rings. The SMILES string of the molecule is NNC(Cc1ccnc2ccccc12)C1C2CCCCC21. The summed E-state index contributed by atoms with van der Waals surface area (Å²) < 4.78 is 0. The van der Waals surface area contributed by atoms with Crippen LogP contribution in [0.25, 0.3) is 10.9 Å². The van der Waals surface area contributed by atoms with E-state index in [4.69, 9.17) is 5.84 Å². The van der Waals surface area contributed by atoms with Crippen LogP contribution in [0.2, 0.25) is 0 Å². The summed E-state index contributed by atoms with van der Waals surface area (Å²) in [5.74, 6) is 8.52. The Morgan fingerprint density at radius 1 is 1.14 bits per heavy atom. The van der Waals surface area contributed by atoms with E-state index < -0.39 is 0 Å². The van der Waals surface area contributed by atoms with Gasteiger partial charge in [0.05, 0.1) is 5.52 Å². The van der Waals surface area contributed by atoms with Gasteiger partial charge in [-0.2, -0.15) is 0 Å². The standard InChI is InChI=1S/C18H23N3/c19-21-17(18-14-6-1-2-7-15(14)18)11-12-9-10-20-16-8-4-3-5-13(12)16/h3-5,8-10,14-15,17-18,21H,1-2,6-7,11,19H2. The van der Waals surface area contributed by atoms with Crippen LogP contribution in [-0.4, -0.2) is 11.0 Å². The van der Waals surface area contributed by atoms with Gasteiger partial charge < -0.3 is 0 Å². The molecule has 3 nitrogen and oxygen atoms in total. The Hall–Kier alpha value is -1.45. The van der Waals surface area contributed by atoms with Crippen molar-refractivity contribution in [3.05, 3.63) is 42.1 Å². The van der Waals surface area contributed by atoms with Crippen LogP contribution in [0.5, 0.6) is 0 Å². The van der Waals surface area contributed by atoms with Gasteiger partial charge in [-0.3, -0.25) is 16.3 Å². The van der Waals surface area contributed by atoms with Gasteiger partial charge >= 0.3 is 0 Å². The van der Waals surface area contributed by atoms with Crippen molar-refractivity contribution in [1.82, 2.24) is 10.4 Å². The van der Waals surface area contributed by atoms with E-state index in [0.29, 0.717) is 6.04 Å². The Kier molecular flexibility index (Phi) is 3.40. The Bertz CT molecular complexity index is 622. The van der Waals surface area contributed by atoms with Crippen molar-refractivity contribution in [3.8, 4) is 0 Å². The largest absolute Gasteiger partial charge is 0.271 e. The number of nitrogens with two attached hydrogens (primary N) is 1. The van der Waals surface area contributed by atoms with Gasteiger partial charge in [-0.1, -0.05) is 31.0 Å². The molecule has 1 aromatic heterocycles. The molecule has 3 unspecified atom stereocenters. The van der Waals surface area contributed by atoms with Gasteiger partial charge in [0.1, 0.15) is 0 Å². The average Bonchev–Trinajstić information content (AvgIpc) is 3.27. The van der Waals surface area contributed by atoms with Crippen molar-refractivity contribution in [1.29, 1.82) is 0 Å². The number of para-hydroxylation sites is 1. The maximum absolute atomic E-state index is 5.89. The quantitative estimate of drug-likeness (QED) is 0.669. The topological polar surface area (TPSA) is 50.9 Å². The lowest BCUT2D eigenvalue weighted by Gasteiger charge is -2.17. The number of nitrogens with zero attached hydrogens (tertiary/aromatic N) is 1. The van der Waals surface area contributed by atoms with Gasteiger partial charge in [-0.25, -0.2) is 0 Å². The van der Waals surface area contributed by atoms with E-state index in [2.05, 4.69) is 34.7 Å². The minimum absolute atomic E-state index is 0.406. The fourth-order valence-electron chi connectivity index (χ4n) is 4.52. The molecule has 1 aromatic carbocycles. The monoisotopic (exact) mass is 281 g/mol. The summed E-state index contributed by atoms with van der Waals surface area (Å²) in [6, 6.07) is 11.0. The normalized spacial score (nSPS) is 29.1. The highest BCUT2D eigenvalue weighted by molar-refractivity contribution is 5.81. The molecule has 0 bridgehead atoms. The zero-order chi connectivity index (χ0) is 14.2. The van der Waals surface area contributed by atoms with Gasteiger partial charge in [-0.05, 0) is 54.7 Å². The smallest absolute Gasteiger partial charge is 0.0704 e. The molecule has 3 heteroatoms. The number of hydrogen-bond acceptors (Lipinski definition) is 3. The first kappa shape index (κ1) is 13.2. The highest BCUT2D eigenvalue weighted by Gasteiger charge is 2.53. The maximum Gasteiger partial charge on any atom is 0.0704 e. The van der Waals surface area contributed by atoms with Crippen LogP contribution >= 0.6 is 0 Å². The van der Waals surface area contributed by atoms with Crippen LogP contribution in [-0.2, 0) is 6.42 Å². The molecule has 0 spiro atoms. The van der Waals surface area contributed by atoms with Crippen LogP contribution in [0.15, 0.2) is 36.5 Å². The molecule has 2 fully saturated rings. The molecule has 2 aliphatic rings. The number of rotatable bonds is 4. The molecular formula is C18H23N3. The number of aromatic nitrogens is 1. The highest BCUT2D eigenvalue weighted by atomic mass is 15.2. The summed E-state index contributed by atoms with van der Waals surface area (Å²) in [4.78, 5) is 4.46. The molecule has 3 atom stereocenters. The van der Waals surface area contributed by atoms with E-state index in [-0.39, 0.29) is 0 Å². The molecule has 0 radical (unpaired) electrons. The second-order valence-corrected chi connectivity index (χ2v) is 6.65. The summed E-state index contributed by atoms with van der Waals surface area (Å²) in [6.07, 6.45) is 8.57. The summed E-state index contributed by atoms with van der Waals surface area (Å²) in [6.45, 7) is 0. The first-order valence-corrected chi connectivity index (χ1v) is 8.17. The van der Waals surface area contributed by atoms with Crippen molar-refractivity contribution >= 4 is 10.9 Å². The lowest BCUT2D eigenvalue weighted by atomic mass is 9.98. The molecule has 21 heavy (non-hydrogen) atoms. The number of pyridine rings is 1. The molecule has 3 N–H and O–H groups in total. The number of benzene rings is 1. The van der Waals surface area contributed by atoms with Crippen molar-refractivity contribution in [2.24, 2.45) is 23.6 Å². The Morgan fingerprint density at radius 3 is 2.67 bits per heavy atom. The molecule has 2 saturated carbocycles. The van der Waals surface area contributed by atoms with Crippen LogP contribution < -0.4 is 11.3 Å². The summed E-state index contributed by atoms with van der Waals surface area (Å²) >= 11 is 0. The molecule has 0 aliphatic heterocycles. The highest BCUT2D eigenvalue weighted by Crippen LogP contribution is 2.57. The number of hydrazine groups is 1. The zero-order valence-corrected chi connectivity index (χ0v) is 12.3. The summed E-state index contributed by atoms with van der Waals surface area (Å²) in [5, 5.41) is 1.27. The van der Waals surface area contributed by atoms with Crippen molar-refractivity contribution in [2.45, 2.75) is 38.1 Å². The lowest BCUT2D eigenvalue weighted by molar-refractivity contribution is 0.438. The van der Waals surface area contributed by atoms with Gasteiger partial charge in [-0.15, -0.1) is 0 Å². The Balaban J connectivity index is 1.58. The van der Waals surface area contributed by atoms with E-state index in [1.165, 1.54) is 36.6 Å². The average molecular weight is 281 g/mol. The third kappa shape index (κ3) is 2.34. The molecule has 4 rings (SSSR count). The van der Waals surface area contributed by atoms with Gasteiger partial charge in [0.15, 0.2) is 0 Å². The van der Waals surface area contributed by atoms with Gasteiger partial charge in [0.25, 0.3) is 0 Å². The zero-order valence-electron chi connectivity index (χ0n) is 12.3. The number of hydrogen-bond donors (Lipinski definition) is 2.